The molecule has 0 unspecified atom stereocenters. The Balaban J connectivity index is 1.14. The first-order valence-electron chi connectivity index (χ1n) is 13.9. The van der Waals surface area contributed by atoms with Gasteiger partial charge in [-0.3, -0.25) is 10.1 Å². The fraction of sp³-hybridized carbons (Fsp3) is 0.242. The number of nitro groups is 1. The SMILES string of the molecule is O=C(Oc1ccc([N+](=O)[O-])cc1)N1CCN(c2ccc([C@@H]3c4ccc(O)cc4CC[C@@H]3c3ccccc3)cc2)CC1. The monoisotopic (exact) mass is 549 g/mol. The van der Waals surface area contributed by atoms with Crippen LogP contribution in [0.25, 0.3) is 0 Å². The normalized spacial score (nSPS) is 18.4. The highest BCUT2D eigenvalue weighted by molar-refractivity contribution is 5.71. The molecule has 4 aromatic carbocycles. The minimum atomic E-state index is -0.487. The largest absolute Gasteiger partial charge is 0.508 e. The lowest BCUT2D eigenvalue weighted by molar-refractivity contribution is -0.384. The molecule has 0 aromatic heterocycles. The van der Waals surface area contributed by atoms with Gasteiger partial charge >= 0.3 is 6.09 Å². The zero-order chi connectivity index (χ0) is 28.3. The lowest BCUT2D eigenvalue weighted by Gasteiger charge is -2.36. The van der Waals surface area contributed by atoms with Gasteiger partial charge in [0, 0.05) is 49.9 Å². The number of aryl methyl sites for hydroxylation is 1. The predicted molar refractivity (Wildman–Crippen MR) is 157 cm³/mol. The van der Waals surface area contributed by atoms with Crippen molar-refractivity contribution >= 4 is 17.5 Å². The van der Waals surface area contributed by atoms with Crippen molar-refractivity contribution in [3.8, 4) is 11.5 Å². The van der Waals surface area contributed by atoms with Crippen LogP contribution in [0.3, 0.4) is 0 Å². The molecule has 0 bridgehead atoms. The van der Waals surface area contributed by atoms with Crippen molar-refractivity contribution in [3.63, 3.8) is 0 Å². The summed E-state index contributed by atoms with van der Waals surface area (Å²) in [6.45, 7) is 2.38. The minimum absolute atomic E-state index is 0.0491. The molecule has 0 saturated carbocycles. The Morgan fingerprint density at radius 2 is 1.56 bits per heavy atom. The molecule has 1 fully saturated rings. The molecule has 4 aromatic rings. The lowest BCUT2D eigenvalue weighted by Crippen LogP contribution is -2.49. The van der Waals surface area contributed by atoms with Crippen LogP contribution in [0.4, 0.5) is 16.2 Å². The number of benzene rings is 4. The summed E-state index contributed by atoms with van der Waals surface area (Å²) in [6, 6.07) is 30.7. The summed E-state index contributed by atoms with van der Waals surface area (Å²) in [6.07, 6.45) is 1.50. The molecule has 1 aliphatic carbocycles. The average Bonchev–Trinajstić information content (AvgIpc) is 3.01. The zero-order valence-corrected chi connectivity index (χ0v) is 22.6. The number of carbonyl (C=O) groups is 1. The number of phenolic OH excluding ortho intramolecular Hbond substituents is 1. The molecule has 1 heterocycles. The number of aromatic hydroxyl groups is 1. The van der Waals surface area contributed by atoms with Gasteiger partial charge < -0.3 is 19.6 Å². The van der Waals surface area contributed by atoms with Crippen molar-refractivity contribution in [2.75, 3.05) is 31.1 Å². The Labute approximate surface area is 238 Å². The Morgan fingerprint density at radius 1 is 0.854 bits per heavy atom. The average molecular weight is 550 g/mol. The van der Waals surface area contributed by atoms with Crippen LogP contribution in [0.15, 0.2) is 97.1 Å². The van der Waals surface area contributed by atoms with Crippen molar-refractivity contribution in [2.45, 2.75) is 24.7 Å². The van der Waals surface area contributed by atoms with E-state index < -0.39 is 11.0 Å². The van der Waals surface area contributed by atoms with Crippen molar-refractivity contribution in [1.29, 1.82) is 0 Å². The number of fused-ring (bicyclic) bond motifs is 1. The molecular weight excluding hydrogens is 518 g/mol. The number of piperazine rings is 1. The van der Waals surface area contributed by atoms with E-state index in [1.165, 1.54) is 46.5 Å². The molecule has 2 aliphatic rings. The maximum Gasteiger partial charge on any atom is 0.415 e. The Morgan fingerprint density at radius 3 is 2.24 bits per heavy atom. The second kappa shape index (κ2) is 11.3. The summed E-state index contributed by atoms with van der Waals surface area (Å²) in [5, 5.41) is 20.9. The topological polar surface area (TPSA) is 96.1 Å². The van der Waals surface area contributed by atoms with Crippen LogP contribution in [0.2, 0.25) is 0 Å². The maximum absolute atomic E-state index is 12.7. The molecule has 1 saturated heterocycles. The summed E-state index contributed by atoms with van der Waals surface area (Å²) in [5.41, 5.74) is 6.12. The molecule has 2 atom stereocenters. The molecule has 6 rings (SSSR count). The zero-order valence-electron chi connectivity index (χ0n) is 22.6. The van der Waals surface area contributed by atoms with Crippen LogP contribution in [0.1, 0.15) is 40.5 Å². The number of ether oxygens (including phenoxy) is 1. The van der Waals surface area contributed by atoms with E-state index in [0.717, 1.165) is 18.5 Å². The molecule has 0 radical (unpaired) electrons. The molecule has 8 nitrogen and oxygen atoms in total. The van der Waals surface area contributed by atoms with Crippen molar-refractivity contribution in [3.05, 3.63) is 129 Å². The van der Waals surface area contributed by atoms with E-state index in [9.17, 15) is 20.0 Å². The van der Waals surface area contributed by atoms with Gasteiger partial charge in [-0.25, -0.2) is 4.79 Å². The van der Waals surface area contributed by atoms with E-state index >= 15 is 0 Å². The van der Waals surface area contributed by atoms with Gasteiger partial charge in [-0.15, -0.1) is 0 Å². The number of anilines is 1. The highest BCUT2D eigenvalue weighted by Gasteiger charge is 2.32. The number of amides is 1. The Hall–Kier alpha value is -4.85. The van der Waals surface area contributed by atoms with E-state index in [2.05, 4.69) is 65.6 Å². The number of carbonyl (C=O) groups excluding carboxylic acids is 1. The summed E-state index contributed by atoms with van der Waals surface area (Å²) in [5.74, 6) is 1.14. The summed E-state index contributed by atoms with van der Waals surface area (Å²) in [7, 11) is 0. The minimum Gasteiger partial charge on any atom is -0.508 e. The lowest BCUT2D eigenvalue weighted by atomic mass is 9.69. The van der Waals surface area contributed by atoms with Gasteiger partial charge in [-0.2, -0.15) is 0 Å². The van der Waals surface area contributed by atoms with Crippen LogP contribution in [-0.4, -0.2) is 47.2 Å². The van der Waals surface area contributed by atoms with Gasteiger partial charge in [0.25, 0.3) is 5.69 Å². The number of non-ortho nitro benzene ring substituents is 1. The van der Waals surface area contributed by atoms with Crippen molar-refractivity contribution < 1.29 is 19.6 Å². The quantitative estimate of drug-likeness (QED) is 0.226. The third-order valence-corrected chi connectivity index (χ3v) is 8.22. The van der Waals surface area contributed by atoms with Crippen molar-refractivity contribution in [2.24, 2.45) is 0 Å². The van der Waals surface area contributed by atoms with Crippen LogP contribution in [-0.2, 0) is 6.42 Å². The Kier molecular flexibility index (Phi) is 7.29. The van der Waals surface area contributed by atoms with Gasteiger partial charge in [-0.05, 0) is 77.4 Å². The van der Waals surface area contributed by atoms with Gasteiger partial charge in [0.05, 0.1) is 4.92 Å². The fourth-order valence-electron chi connectivity index (χ4n) is 6.12. The van der Waals surface area contributed by atoms with E-state index in [1.807, 2.05) is 6.07 Å². The summed E-state index contributed by atoms with van der Waals surface area (Å²) in [4.78, 5) is 26.9. The third-order valence-electron chi connectivity index (χ3n) is 8.22. The molecule has 1 aliphatic heterocycles. The molecular formula is C33H31N3O5. The molecule has 41 heavy (non-hydrogen) atoms. The van der Waals surface area contributed by atoms with E-state index in [-0.39, 0.29) is 17.4 Å². The van der Waals surface area contributed by atoms with Gasteiger partial charge in [0.1, 0.15) is 11.5 Å². The van der Waals surface area contributed by atoms with Gasteiger partial charge in [0.15, 0.2) is 0 Å². The fourth-order valence-corrected chi connectivity index (χ4v) is 6.12. The second-order valence-electron chi connectivity index (χ2n) is 10.6. The maximum atomic E-state index is 12.7. The molecule has 208 valence electrons. The van der Waals surface area contributed by atoms with E-state index in [0.29, 0.717) is 37.8 Å². The number of nitrogens with zero attached hydrogens (tertiary/aromatic N) is 3. The predicted octanol–water partition coefficient (Wildman–Crippen LogP) is 6.48. The standard InChI is InChI=1S/C33H31N3O5/c37-28-13-17-31-25(22-28)8-16-30(23-4-2-1-3-5-23)32(31)24-6-9-26(10-7-24)34-18-20-35(21-19-34)33(38)41-29-14-11-27(12-15-29)36(39)40/h1-7,9-15,17,22,30,32,37H,8,16,18-21H2/t30-,32+/m1/s1. The summed E-state index contributed by atoms with van der Waals surface area (Å²) >= 11 is 0. The molecule has 8 heteroatoms. The number of nitro benzene ring substituents is 1. The highest BCUT2D eigenvalue weighted by Crippen LogP contribution is 2.47. The molecule has 0 spiro atoms. The Bertz CT molecular complexity index is 1530. The first-order chi connectivity index (χ1) is 20.0. The van der Waals surface area contributed by atoms with Crippen molar-refractivity contribution in [1.82, 2.24) is 4.90 Å². The van der Waals surface area contributed by atoms with Gasteiger partial charge in [0.2, 0.25) is 0 Å². The van der Waals surface area contributed by atoms with Crippen LogP contribution >= 0.6 is 0 Å². The first kappa shape index (κ1) is 26.4. The van der Waals surface area contributed by atoms with E-state index in [4.69, 9.17) is 4.74 Å². The number of rotatable bonds is 5. The smallest absolute Gasteiger partial charge is 0.415 e. The van der Waals surface area contributed by atoms with E-state index in [1.54, 1.807) is 11.0 Å². The van der Waals surface area contributed by atoms with Gasteiger partial charge in [-0.1, -0.05) is 48.5 Å². The van der Waals surface area contributed by atoms with Crippen LogP contribution in [0, 0.1) is 10.1 Å². The molecule has 1 N–H and O–H groups in total. The summed E-state index contributed by atoms with van der Waals surface area (Å²) < 4.78 is 5.43. The molecule has 1 amide bonds. The van der Waals surface area contributed by atoms with Crippen LogP contribution < -0.4 is 9.64 Å². The number of hydrogen-bond donors (Lipinski definition) is 1. The second-order valence-corrected chi connectivity index (χ2v) is 10.6. The number of phenols is 1. The number of hydrogen-bond acceptors (Lipinski definition) is 6. The first-order valence-corrected chi connectivity index (χ1v) is 13.9. The van der Waals surface area contributed by atoms with Crippen LogP contribution in [0.5, 0.6) is 11.5 Å². The third kappa shape index (κ3) is 5.59. The highest BCUT2D eigenvalue weighted by atomic mass is 16.6.